The first kappa shape index (κ1) is 21.5. The summed E-state index contributed by atoms with van der Waals surface area (Å²) in [6.45, 7) is 5.29. The van der Waals surface area contributed by atoms with Gasteiger partial charge in [0.25, 0.3) is 0 Å². The number of alkyl carbamates (subject to hydrolysis) is 1. The van der Waals surface area contributed by atoms with E-state index in [1.54, 1.807) is 20.8 Å². The van der Waals surface area contributed by atoms with E-state index >= 15 is 0 Å². The Morgan fingerprint density at radius 1 is 1.30 bits per heavy atom. The SMILES string of the molecule is CC(C)(C)OC(=O)N[C@](C/C=C/c1cccc(Br)c1)(C(=O)O)C1CCCC1. The number of carboxylic acids is 1. The molecule has 1 aromatic rings. The quantitative estimate of drug-likeness (QED) is 0.625. The van der Waals surface area contributed by atoms with Gasteiger partial charge in [-0.1, -0.05) is 53.1 Å². The number of hydrogen-bond acceptors (Lipinski definition) is 3. The van der Waals surface area contributed by atoms with Gasteiger partial charge in [0.05, 0.1) is 0 Å². The molecule has 0 heterocycles. The minimum absolute atomic E-state index is 0.116. The van der Waals surface area contributed by atoms with Crippen LogP contribution in [-0.4, -0.2) is 28.3 Å². The molecular weight excluding hydrogens is 410 g/mol. The van der Waals surface area contributed by atoms with Crippen molar-refractivity contribution in [3.05, 3.63) is 40.4 Å². The van der Waals surface area contributed by atoms with Gasteiger partial charge in [0.1, 0.15) is 11.1 Å². The van der Waals surface area contributed by atoms with Gasteiger partial charge >= 0.3 is 12.1 Å². The Bertz CT molecular complexity index is 704. The van der Waals surface area contributed by atoms with Crippen LogP contribution in [0.1, 0.15) is 58.4 Å². The van der Waals surface area contributed by atoms with Crippen LogP contribution in [-0.2, 0) is 9.53 Å². The van der Waals surface area contributed by atoms with E-state index in [0.717, 1.165) is 35.7 Å². The highest BCUT2D eigenvalue weighted by atomic mass is 79.9. The van der Waals surface area contributed by atoms with Crippen molar-refractivity contribution in [3.63, 3.8) is 0 Å². The molecule has 2 rings (SSSR count). The van der Waals surface area contributed by atoms with Crippen LogP contribution in [0.15, 0.2) is 34.8 Å². The molecule has 0 aliphatic heterocycles. The molecule has 0 aromatic heterocycles. The fourth-order valence-corrected chi connectivity index (χ4v) is 3.95. The number of benzene rings is 1. The number of ether oxygens (including phenoxy) is 1. The zero-order chi connectivity index (χ0) is 20.1. The number of halogens is 1. The number of hydrogen-bond donors (Lipinski definition) is 2. The predicted octanol–water partition coefficient (Wildman–Crippen LogP) is 5.39. The van der Waals surface area contributed by atoms with Crippen LogP contribution < -0.4 is 5.32 Å². The summed E-state index contributed by atoms with van der Waals surface area (Å²) >= 11 is 3.43. The van der Waals surface area contributed by atoms with Gasteiger partial charge in [-0.05, 0) is 63.6 Å². The molecule has 6 heteroatoms. The lowest BCUT2D eigenvalue weighted by molar-refractivity contribution is -0.147. The predicted molar refractivity (Wildman–Crippen MR) is 109 cm³/mol. The van der Waals surface area contributed by atoms with Crippen LogP contribution in [0, 0.1) is 5.92 Å². The molecule has 1 aromatic carbocycles. The van der Waals surface area contributed by atoms with Crippen molar-refractivity contribution in [2.24, 2.45) is 5.92 Å². The largest absolute Gasteiger partial charge is 0.479 e. The summed E-state index contributed by atoms with van der Waals surface area (Å²) < 4.78 is 6.30. The van der Waals surface area contributed by atoms with Gasteiger partial charge < -0.3 is 15.2 Å². The Kier molecular flexibility index (Phi) is 7.09. The summed E-state index contributed by atoms with van der Waals surface area (Å²) in [4.78, 5) is 24.7. The van der Waals surface area contributed by atoms with Gasteiger partial charge in [-0.25, -0.2) is 9.59 Å². The second-order valence-corrected chi connectivity index (χ2v) is 8.96. The Morgan fingerprint density at radius 2 is 1.96 bits per heavy atom. The number of aliphatic carboxylic acids is 1. The summed E-state index contributed by atoms with van der Waals surface area (Å²) in [5, 5.41) is 12.8. The molecule has 0 unspecified atom stereocenters. The molecule has 0 saturated heterocycles. The molecule has 1 atom stereocenters. The third-order valence-corrected chi connectivity index (χ3v) is 5.25. The molecule has 1 aliphatic carbocycles. The summed E-state index contributed by atoms with van der Waals surface area (Å²) in [5.41, 5.74) is -1.08. The second-order valence-electron chi connectivity index (χ2n) is 8.05. The number of rotatable bonds is 6. The van der Waals surface area contributed by atoms with E-state index in [2.05, 4.69) is 21.2 Å². The standard InChI is InChI=1S/C21H28BrNO4/c1-20(2,3)27-19(26)23-21(18(24)25,16-10-4-5-11-16)13-7-9-15-8-6-12-17(22)14-15/h6-9,12,14,16H,4-5,10-11,13H2,1-3H3,(H,23,26)(H,24,25)/b9-7+/t21-/m0/s1. The summed E-state index contributed by atoms with van der Waals surface area (Å²) in [6.07, 6.45) is 6.75. The number of carboxylic acid groups (broad SMARTS) is 1. The van der Waals surface area contributed by atoms with E-state index in [1.807, 2.05) is 36.4 Å². The monoisotopic (exact) mass is 437 g/mol. The maximum Gasteiger partial charge on any atom is 0.408 e. The van der Waals surface area contributed by atoms with Crippen LogP contribution >= 0.6 is 15.9 Å². The van der Waals surface area contributed by atoms with Gasteiger partial charge in [0.2, 0.25) is 0 Å². The maximum absolute atomic E-state index is 12.4. The van der Waals surface area contributed by atoms with Crippen LogP contribution in [0.25, 0.3) is 6.08 Å². The van der Waals surface area contributed by atoms with Gasteiger partial charge in [0.15, 0.2) is 0 Å². The van der Waals surface area contributed by atoms with E-state index in [4.69, 9.17) is 4.74 Å². The van der Waals surface area contributed by atoms with E-state index in [-0.39, 0.29) is 12.3 Å². The van der Waals surface area contributed by atoms with Crippen LogP contribution in [0.5, 0.6) is 0 Å². The molecule has 0 bridgehead atoms. The number of carbonyl (C=O) groups excluding carboxylic acids is 1. The second kappa shape index (κ2) is 8.91. The normalized spacial score (nSPS) is 17.6. The average molecular weight is 438 g/mol. The Hall–Kier alpha value is -1.82. The fraction of sp³-hybridized carbons (Fsp3) is 0.524. The van der Waals surface area contributed by atoms with E-state index < -0.39 is 23.2 Å². The molecule has 1 aliphatic rings. The minimum Gasteiger partial charge on any atom is -0.479 e. The lowest BCUT2D eigenvalue weighted by atomic mass is 9.79. The average Bonchev–Trinajstić information content (AvgIpc) is 3.06. The summed E-state index contributed by atoms with van der Waals surface area (Å²) in [5.74, 6) is -1.13. The molecule has 1 saturated carbocycles. The van der Waals surface area contributed by atoms with Crippen molar-refractivity contribution >= 4 is 34.1 Å². The molecule has 0 spiro atoms. The zero-order valence-corrected chi connectivity index (χ0v) is 17.7. The van der Waals surface area contributed by atoms with Crippen molar-refractivity contribution in [1.29, 1.82) is 0 Å². The highest BCUT2D eigenvalue weighted by Crippen LogP contribution is 2.37. The first-order chi connectivity index (χ1) is 12.6. The smallest absolute Gasteiger partial charge is 0.408 e. The lowest BCUT2D eigenvalue weighted by Gasteiger charge is -2.36. The zero-order valence-electron chi connectivity index (χ0n) is 16.1. The van der Waals surface area contributed by atoms with Crippen LogP contribution in [0.4, 0.5) is 4.79 Å². The third kappa shape index (κ3) is 6.09. The van der Waals surface area contributed by atoms with Gasteiger partial charge in [-0.3, -0.25) is 0 Å². The number of carbonyl (C=O) groups is 2. The van der Waals surface area contributed by atoms with E-state index in [1.165, 1.54) is 0 Å². The fourth-order valence-electron chi connectivity index (χ4n) is 3.53. The van der Waals surface area contributed by atoms with Crippen molar-refractivity contribution in [2.45, 2.75) is 64.0 Å². The molecule has 1 amide bonds. The van der Waals surface area contributed by atoms with Crippen molar-refractivity contribution in [1.82, 2.24) is 5.32 Å². The molecule has 148 valence electrons. The summed E-state index contributed by atoms with van der Waals surface area (Å²) in [7, 11) is 0. The van der Waals surface area contributed by atoms with E-state index in [9.17, 15) is 14.7 Å². The Morgan fingerprint density at radius 3 is 2.52 bits per heavy atom. The highest BCUT2D eigenvalue weighted by Gasteiger charge is 2.48. The first-order valence-electron chi connectivity index (χ1n) is 9.29. The lowest BCUT2D eigenvalue weighted by Crippen LogP contribution is -2.59. The van der Waals surface area contributed by atoms with Gasteiger partial charge in [-0.15, -0.1) is 0 Å². The van der Waals surface area contributed by atoms with Crippen LogP contribution in [0.2, 0.25) is 0 Å². The Balaban J connectivity index is 2.24. The van der Waals surface area contributed by atoms with E-state index in [0.29, 0.717) is 0 Å². The van der Waals surface area contributed by atoms with Crippen molar-refractivity contribution in [3.8, 4) is 0 Å². The summed E-state index contributed by atoms with van der Waals surface area (Å²) in [6, 6.07) is 7.75. The molecule has 27 heavy (non-hydrogen) atoms. The number of amides is 1. The molecule has 0 radical (unpaired) electrons. The first-order valence-corrected chi connectivity index (χ1v) is 10.1. The molecular formula is C21H28BrNO4. The van der Waals surface area contributed by atoms with Crippen molar-refractivity contribution in [2.75, 3.05) is 0 Å². The van der Waals surface area contributed by atoms with Crippen LogP contribution in [0.3, 0.4) is 0 Å². The maximum atomic E-state index is 12.4. The highest BCUT2D eigenvalue weighted by molar-refractivity contribution is 9.10. The number of nitrogens with one attached hydrogen (secondary N) is 1. The molecule has 2 N–H and O–H groups in total. The third-order valence-electron chi connectivity index (χ3n) is 4.76. The molecule has 1 fully saturated rings. The minimum atomic E-state index is -1.36. The van der Waals surface area contributed by atoms with Gasteiger partial charge in [0, 0.05) is 4.47 Å². The topological polar surface area (TPSA) is 75.6 Å². The van der Waals surface area contributed by atoms with Gasteiger partial charge in [-0.2, -0.15) is 0 Å². The van der Waals surface area contributed by atoms with Crippen molar-refractivity contribution < 1.29 is 19.4 Å². The molecule has 5 nitrogen and oxygen atoms in total. The Labute approximate surface area is 169 Å².